The molecule has 0 fully saturated rings. The molecule has 0 aliphatic carbocycles. The van der Waals surface area contributed by atoms with Crippen LogP contribution in [0.4, 0.5) is 5.69 Å². The van der Waals surface area contributed by atoms with Gasteiger partial charge in [0.1, 0.15) is 0 Å². The van der Waals surface area contributed by atoms with Gasteiger partial charge in [-0.3, -0.25) is 14.9 Å². The molecule has 0 N–H and O–H groups in total. The van der Waals surface area contributed by atoms with Crippen molar-refractivity contribution in [2.75, 3.05) is 0 Å². The van der Waals surface area contributed by atoms with E-state index in [4.69, 9.17) is 11.6 Å². The second kappa shape index (κ2) is 5.27. The highest BCUT2D eigenvalue weighted by Gasteiger charge is 2.20. The quantitative estimate of drug-likeness (QED) is 0.394. The van der Waals surface area contributed by atoms with Gasteiger partial charge in [-0.15, -0.1) is 11.3 Å². The van der Waals surface area contributed by atoms with Crippen molar-refractivity contribution in [2.24, 2.45) is 0 Å². The second-order valence-corrected chi connectivity index (χ2v) is 5.78. The van der Waals surface area contributed by atoms with Crippen LogP contribution in [0.2, 0.25) is 0 Å². The van der Waals surface area contributed by atoms with Crippen LogP contribution in [0.3, 0.4) is 0 Å². The van der Waals surface area contributed by atoms with E-state index in [2.05, 4.69) is 0 Å². The van der Waals surface area contributed by atoms with Crippen LogP contribution in [0.5, 0.6) is 0 Å². The van der Waals surface area contributed by atoms with Gasteiger partial charge in [0.15, 0.2) is 0 Å². The van der Waals surface area contributed by atoms with Gasteiger partial charge >= 0.3 is 0 Å². The van der Waals surface area contributed by atoms with E-state index < -0.39 is 10.2 Å². The lowest BCUT2D eigenvalue weighted by Crippen LogP contribution is -1.89. The molecule has 0 amide bonds. The van der Waals surface area contributed by atoms with Crippen LogP contribution in [0.1, 0.15) is 9.67 Å². The van der Waals surface area contributed by atoms with Crippen LogP contribution >= 0.6 is 22.9 Å². The molecule has 0 unspecified atom stereocenters. The Hall–Kier alpha value is -2.24. The van der Waals surface area contributed by atoms with Crippen LogP contribution in [-0.4, -0.2) is 10.2 Å². The number of hydrogen-bond donors (Lipinski definition) is 0. The predicted molar refractivity (Wildman–Crippen MR) is 84.1 cm³/mol. The van der Waals surface area contributed by atoms with Crippen molar-refractivity contribution in [1.29, 1.82) is 0 Å². The molecule has 0 aliphatic rings. The molecular formula is C15H8ClNO3S. The monoisotopic (exact) mass is 317 g/mol. The van der Waals surface area contributed by atoms with E-state index in [1.54, 1.807) is 6.07 Å². The molecule has 0 atom stereocenters. The molecule has 0 aliphatic heterocycles. The van der Waals surface area contributed by atoms with Gasteiger partial charge in [0.05, 0.1) is 9.80 Å². The lowest BCUT2D eigenvalue weighted by molar-refractivity contribution is -0.384. The SMILES string of the molecule is O=C(Cl)c1sc2ccc([N+](=O)[O-])cc2c1-c1ccccc1. The van der Waals surface area contributed by atoms with E-state index in [-0.39, 0.29) is 5.69 Å². The maximum atomic E-state index is 11.7. The topological polar surface area (TPSA) is 60.2 Å². The number of nitro groups is 1. The highest BCUT2D eigenvalue weighted by Crippen LogP contribution is 2.40. The number of fused-ring (bicyclic) bond motifs is 1. The number of nitro benzene ring substituents is 1. The summed E-state index contributed by atoms with van der Waals surface area (Å²) in [5.41, 5.74) is 1.46. The van der Waals surface area contributed by atoms with Crippen molar-refractivity contribution in [3.8, 4) is 11.1 Å². The van der Waals surface area contributed by atoms with Crippen molar-refractivity contribution < 1.29 is 9.72 Å². The molecule has 0 radical (unpaired) electrons. The fourth-order valence-electron chi connectivity index (χ4n) is 2.23. The Bertz CT molecular complexity index is 858. The summed E-state index contributed by atoms with van der Waals surface area (Å²) in [6.07, 6.45) is 0. The molecule has 2 aromatic carbocycles. The maximum Gasteiger partial charge on any atom is 0.270 e. The Morgan fingerprint density at radius 1 is 1.14 bits per heavy atom. The second-order valence-electron chi connectivity index (χ2n) is 4.38. The van der Waals surface area contributed by atoms with Crippen LogP contribution in [-0.2, 0) is 0 Å². The van der Waals surface area contributed by atoms with Gasteiger partial charge in [-0.05, 0) is 23.2 Å². The van der Waals surface area contributed by atoms with E-state index in [1.807, 2.05) is 30.3 Å². The highest BCUT2D eigenvalue weighted by atomic mass is 35.5. The Kier molecular flexibility index (Phi) is 3.45. The van der Waals surface area contributed by atoms with Gasteiger partial charge in [-0.1, -0.05) is 30.3 Å². The van der Waals surface area contributed by atoms with Crippen LogP contribution in [0.25, 0.3) is 21.2 Å². The first-order valence-corrected chi connectivity index (χ1v) is 7.23. The molecule has 0 saturated heterocycles. The number of non-ortho nitro benzene ring substituents is 1. The number of benzene rings is 2. The highest BCUT2D eigenvalue weighted by molar-refractivity contribution is 7.23. The first-order valence-electron chi connectivity index (χ1n) is 6.04. The minimum atomic E-state index is -0.558. The predicted octanol–water partition coefficient (Wildman–Crippen LogP) is 4.86. The van der Waals surface area contributed by atoms with Gasteiger partial charge in [-0.25, -0.2) is 0 Å². The van der Waals surface area contributed by atoms with Crippen molar-refractivity contribution in [2.45, 2.75) is 0 Å². The Labute approximate surface area is 128 Å². The smallest absolute Gasteiger partial charge is 0.270 e. The third kappa shape index (κ3) is 2.41. The zero-order valence-corrected chi connectivity index (χ0v) is 12.1. The van der Waals surface area contributed by atoms with Crippen molar-refractivity contribution in [3.63, 3.8) is 0 Å². The number of nitrogens with zero attached hydrogens (tertiary/aromatic N) is 1. The summed E-state index contributed by atoms with van der Waals surface area (Å²) in [7, 11) is 0. The van der Waals surface area contributed by atoms with E-state index in [0.717, 1.165) is 10.3 Å². The molecule has 3 rings (SSSR count). The van der Waals surface area contributed by atoms with E-state index in [0.29, 0.717) is 15.8 Å². The van der Waals surface area contributed by atoms with Gasteiger partial charge in [0, 0.05) is 27.8 Å². The van der Waals surface area contributed by atoms with Crippen LogP contribution in [0.15, 0.2) is 48.5 Å². The normalized spacial score (nSPS) is 10.7. The molecule has 1 aromatic heterocycles. The van der Waals surface area contributed by atoms with E-state index in [1.165, 1.54) is 23.5 Å². The van der Waals surface area contributed by atoms with Crippen LogP contribution < -0.4 is 0 Å². The molecule has 6 heteroatoms. The minimum absolute atomic E-state index is 0.00828. The summed E-state index contributed by atoms with van der Waals surface area (Å²) in [6, 6.07) is 13.8. The lowest BCUT2D eigenvalue weighted by Gasteiger charge is -2.02. The van der Waals surface area contributed by atoms with Crippen molar-refractivity contribution >= 4 is 44.0 Å². The third-order valence-corrected chi connectivity index (χ3v) is 4.59. The van der Waals surface area contributed by atoms with Crippen molar-refractivity contribution in [3.05, 3.63) is 63.5 Å². The maximum absolute atomic E-state index is 11.7. The Morgan fingerprint density at radius 3 is 2.48 bits per heavy atom. The molecule has 1 heterocycles. The number of halogens is 1. The summed E-state index contributed by atoms with van der Waals surface area (Å²) >= 11 is 6.91. The summed E-state index contributed by atoms with van der Waals surface area (Å²) in [5, 5.41) is 11.1. The van der Waals surface area contributed by atoms with Gasteiger partial charge < -0.3 is 0 Å². The average molecular weight is 318 g/mol. The molecule has 104 valence electrons. The minimum Gasteiger partial charge on any atom is -0.275 e. The van der Waals surface area contributed by atoms with Gasteiger partial charge in [-0.2, -0.15) is 0 Å². The fourth-order valence-corrected chi connectivity index (χ4v) is 3.48. The zero-order chi connectivity index (χ0) is 15.0. The molecule has 0 bridgehead atoms. The number of thiophene rings is 1. The number of hydrogen-bond acceptors (Lipinski definition) is 4. The number of carbonyl (C=O) groups is 1. The summed E-state index contributed by atoms with van der Waals surface area (Å²) in [5.74, 6) is 0. The molecule has 0 saturated carbocycles. The molecule has 0 spiro atoms. The first kappa shape index (κ1) is 13.7. The fraction of sp³-hybridized carbons (Fsp3) is 0. The Morgan fingerprint density at radius 2 is 1.86 bits per heavy atom. The summed E-state index contributed by atoms with van der Waals surface area (Å²) in [6.45, 7) is 0. The Balaban J connectivity index is 2.37. The number of rotatable bonds is 3. The third-order valence-electron chi connectivity index (χ3n) is 3.12. The summed E-state index contributed by atoms with van der Waals surface area (Å²) < 4.78 is 0.795. The molecular weight excluding hydrogens is 310 g/mol. The number of carbonyl (C=O) groups excluding carboxylic acids is 1. The van der Waals surface area contributed by atoms with Crippen LogP contribution in [0, 0.1) is 10.1 Å². The lowest BCUT2D eigenvalue weighted by atomic mass is 10.0. The average Bonchev–Trinajstić information content (AvgIpc) is 2.86. The molecule has 4 nitrogen and oxygen atoms in total. The largest absolute Gasteiger partial charge is 0.275 e. The van der Waals surface area contributed by atoms with Gasteiger partial charge in [0.25, 0.3) is 10.9 Å². The summed E-state index contributed by atoms with van der Waals surface area (Å²) in [4.78, 5) is 22.6. The zero-order valence-electron chi connectivity index (χ0n) is 10.6. The van der Waals surface area contributed by atoms with Crippen molar-refractivity contribution in [1.82, 2.24) is 0 Å². The van der Waals surface area contributed by atoms with E-state index >= 15 is 0 Å². The molecule has 21 heavy (non-hydrogen) atoms. The first-order chi connectivity index (χ1) is 10.1. The standard InChI is InChI=1S/C15H8ClNO3S/c16-15(18)14-13(9-4-2-1-3-5-9)11-8-10(17(19)20)6-7-12(11)21-14/h1-8H. The van der Waals surface area contributed by atoms with E-state index in [9.17, 15) is 14.9 Å². The van der Waals surface area contributed by atoms with Gasteiger partial charge in [0.2, 0.25) is 0 Å². The molecule has 3 aromatic rings.